The van der Waals surface area contributed by atoms with E-state index in [-0.39, 0.29) is 11.3 Å². The second-order valence-corrected chi connectivity index (χ2v) is 8.21. The number of fused-ring (bicyclic) bond motifs is 1. The van der Waals surface area contributed by atoms with Crippen molar-refractivity contribution in [2.75, 3.05) is 19.8 Å². The Morgan fingerprint density at radius 1 is 1.00 bits per heavy atom. The summed E-state index contributed by atoms with van der Waals surface area (Å²) in [5.41, 5.74) is 4.65. The predicted octanol–water partition coefficient (Wildman–Crippen LogP) is 4.70. The highest BCUT2D eigenvalue weighted by atomic mass is 35.5. The van der Waals surface area contributed by atoms with Crippen LogP contribution in [0.2, 0.25) is 5.02 Å². The molecule has 27 heavy (non-hydrogen) atoms. The molecule has 0 aromatic heterocycles. The van der Waals surface area contributed by atoms with Gasteiger partial charge < -0.3 is 10.1 Å². The summed E-state index contributed by atoms with van der Waals surface area (Å²) >= 11 is 6.07. The van der Waals surface area contributed by atoms with Gasteiger partial charge in [0.25, 0.3) is 5.91 Å². The molecule has 1 heterocycles. The quantitative estimate of drug-likeness (QED) is 0.831. The summed E-state index contributed by atoms with van der Waals surface area (Å²) in [6.07, 6.45) is 6.50. The minimum atomic E-state index is -0.0906. The molecule has 0 radical (unpaired) electrons. The third kappa shape index (κ3) is 4.04. The largest absolute Gasteiger partial charge is 0.381 e. The number of carbonyl (C=O) groups is 1. The van der Waals surface area contributed by atoms with Crippen molar-refractivity contribution in [3.8, 4) is 0 Å². The highest BCUT2D eigenvalue weighted by Gasteiger charge is 2.35. The van der Waals surface area contributed by atoms with Crippen molar-refractivity contribution in [1.29, 1.82) is 0 Å². The smallest absolute Gasteiger partial charge is 0.251 e. The van der Waals surface area contributed by atoms with Crippen molar-refractivity contribution >= 4 is 17.5 Å². The predicted molar refractivity (Wildman–Crippen MR) is 109 cm³/mol. The van der Waals surface area contributed by atoms with E-state index >= 15 is 0 Å². The lowest BCUT2D eigenvalue weighted by molar-refractivity contribution is 0.0487. The van der Waals surface area contributed by atoms with Gasteiger partial charge >= 0.3 is 0 Å². The Balaban J connectivity index is 1.50. The fraction of sp³-hybridized carbons (Fsp3) is 0.435. The Morgan fingerprint density at radius 3 is 2.44 bits per heavy atom. The standard InChI is InChI=1S/C23H26ClNO2/c24-21-9-7-20(8-10-21)23(11-13-27-14-12-23)16-25-22(26)19-6-5-17-3-1-2-4-18(17)15-19/h5-10,15H,1-4,11-14,16H2,(H,25,26). The summed E-state index contributed by atoms with van der Waals surface area (Å²) in [6.45, 7) is 2.06. The van der Waals surface area contributed by atoms with Crippen LogP contribution in [0.4, 0.5) is 0 Å². The van der Waals surface area contributed by atoms with Crippen LogP contribution in [0.15, 0.2) is 42.5 Å². The van der Waals surface area contributed by atoms with Crippen LogP contribution < -0.4 is 5.32 Å². The number of halogens is 1. The topological polar surface area (TPSA) is 38.3 Å². The van der Waals surface area contributed by atoms with E-state index in [9.17, 15) is 4.79 Å². The van der Waals surface area contributed by atoms with E-state index in [4.69, 9.17) is 16.3 Å². The molecule has 4 heteroatoms. The number of ether oxygens (including phenoxy) is 1. The second kappa shape index (κ2) is 8.04. The third-order valence-corrected chi connectivity index (χ3v) is 6.36. The first kappa shape index (κ1) is 18.5. The van der Waals surface area contributed by atoms with Crippen LogP contribution in [-0.2, 0) is 23.0 Å². The summed E-state index contributed by atoms with van der Waals surface area (Å²) in [7, 11) is 0. The minimum Gasteiger partial charge on any atom is -0.381 e. The van der Waals surface area contributed by atoms with Crippen molar-refractivity contribution in [3.63, 3.8) is 0 Å². The first-order chi connectivity index (χ1) is 13.2. The second-order valence-electron chi connectivity index (χ2n) is 7.77. The third-order valence-electron chi connectivity index (χ3n) is 6.10. The summed E-state index contributed by atoms with van der Waals surface area (Å²) in [5.74, 6) is 0.0169. The fourth-order valence-electron chi connectivity index (χ4n) is 4.36. The Morgan fingerprint density at radius 2 is 1.70 bits per heavy atom. The van der Waals surface area contributed by atoms with Crippen LogP contribution in [0.3, 0.4) is 0 Å². The summed E-state index contributed by atoms with van der Waals surface area (Å²) in [4.78, 5) is 12.8. The van der Waals surface area contributed by atoms with Gasteiger partial charge in [0.15, 0.2) is 0 Å². The average molecular weight is 384 g/mol. The van der Waals surface area contributed by atoms with Gasteiger partial charge in [-0.3, -0.25) is 4.79 Å². The van der Waals surface area contributed by atoms with Crippen molar-refractivity contribution in [1.82, 2.24) is 5.32 Å². The molecule has 1 aliphatic carbocycles. The Kier molecular flexibility index (Phi) is 5.51. The molecule has 4 rings (SSSR count). The maximum atomic E-state index is 12.8. The number of carbonyl (C=O) groups excluding carboxylic acids is 1. The number of hydrogen-bond acceptors (Lipinski definition) is 2. The summed E-state index contributed by atoms with van der Waals surface area (Å²) in [6, 6.07) is 14.2. The number of nitrogens with one attached hydrogen (secondary N) is 1. The van der Waals surface area contributed by atoms with Crippen LogP contribution >= 0.6 is 11.6 Å². The SMILES string of the molecule is O=C(NCC1(c2ccc(Cl)cc2)CCOCC1)c1ccc2c(c1)CCCC2. The van der Waals surface area contributed by atoms with Crippen LogP contribution in [0, 0.1) is 0 Å². The number of rotatable bonds is 4. The van der Waals surface area contributed by atoms with Crippen molar-refractivity contribution in [2.24, 2.45) is 0 Å². The number of amides is 1. The van der Waals surface area contributed by atoms with Gasteiger partial charge in [-0.15, -0.1) is 0 Å². The van der Waals surface area contributed by atoms with Gasteiger partial charge in [-0.1, -0.05) is 29.8 Å². The lowest BCUT2D eigenvalue weighted by Crippen LogP contribution is -2.44. The van der Waals surface area contributed by atoms with Crippen LogP contribution in [-0.4, -0.2) is 25.7 Å². The van der Waals surface area contributed by atoms with Gasteiger partial charge in [-0.2, -0.15) is 0 Å². The molecule has 1 saturated heterocycles. The molecule has 142 valence electrons. The van der Waals surface area contributed by atoms with Gasteiger partial charge in [0, 0.05) is 35.8 Å². The lowest BCUT2D eigenvalue weighted by atomic mass is 9.74. The zero-order valence-corrected chi connectivity index (χ0v) is 16.4. The molecule has 1 N–H and O–H groups in total. The molecule has 0 unspecified atom stereocenters. The first-order valence-electron chi connectivity index (χ1n) is 9.90. The van der Waals surface area contributed by atoms with E-state index in [2.05, 4.69) is 29.6 Å². The highest BCUT2D eigenvalue weighted by Crippen LogP contribution is 2.35. The van der Waals surface area contributed by atoms with Crippen LogP contribution in [0.25, 0.3) is 0 Å². The van der Waals surface area contributed by atoms with Gasteiger partial charge in [0.05, 0.1) is 0 Å². The summed E-state index contributed by atoms with van der Waals surface area (Å²) in [5, 5.41) is 3.94. The Hall–Kier alpha value is -1.84. The number of aryl methyl sites for hydroxylation is 2. The molecule has 1 amide bonds. The molecule has 0 spiro atoms. The zero-order chi connectivity index (χ0) is 18.7. The molecule has 2 aromatic carbocycles. The van der Waals surface area contributed by atoms with Gasteiger partial charge in [0.1, 0.15) is 0 Å². The molecule has 1 aliphatic heterocycles. The molecular formula is C23H26ClNO2. The van der Waals surface area contributed by atoms with E-state index < -0.39 is 0 Å². The lowest BCUT2D eigenvalue weighted by Gasteiger charge is -2.38. The van der Waals surface area contributed by atoms with Gasteiger partial charge in [-0.25, -0.2) is 0 Å². The zero-order valence-electron chi connectivity index (χ0n) is 15.6. The first-order valence-corrected chi connectivity index (χ1v) is 10.3. The normalized spacial score (nSPS) is 18.6. The number of hydrogen-bond donors (Lipinski definition) is 1. The maximum Gasteiger partial charge on any atom is 0.251 e. The Labute approximate surface area is 166 Å². The maximum absolute atomic E-state index is 12.8. The van der Waals surface area contributed by atoms with Crippen molar-refractivity contribution in [2.45, 2.75) is 43.9 Å². The number of benzene rings is 2. The molecule has 0 saturated carbocycles. The van der Waals surface area contributed by atoms with E-state index in [1.165, 1.54) is 29.5 Å². The van der Waals surface area contributed by atoms with E-state index in [0.717, 1.165) is 49.5 Å². The van der Waals surface area contributed by atoms with Crippen LogP contribution in [0.5, 0.6) is 0 Å². The van der Waals surface area contributed by atoms with E-state index in [1.54, 1.807) is 0 Å². The van der Waals surface area contributed by atoms with Crippen LogP contribution in [0.1, 0.15) is 52.7 Å². The highest BCUT2D eigenvalue weighted by molar-refractivity contribution is 6.30. The monoisotopic (exact) mass is 383 g/mol. The fourth-order valence-corrected chi connectivity index (χ4v) is 4.49. The van der Waals surface area contributed by atoms with Gasteiger partial charge in [-0.05, 0) is 79.5 Å². The molecule has 3 nitrogen and oxygen atoms in total. The minimum absolute atomic E-state index is 0.0169. The Bertz CT molecular complexity index is 810. The van der Waals surface area contributed by atoms with E-state index in [0.29, 0.717) is 6.54 Å². The molecule has 1 fully saturated rings. The molecule has 2 aliphatic rings. The van der Waals surface area contributed by atoms with Crippen molar-refractivity contribution in [3.05, 3.63) is 69.7 Å². The van der Waals surface area contributed by atoms with E-state index in [1.807, 2.05) is 18.2 Å². The molecule has 2 aromatic rings. The van der Waals surface area contributed by atoms with Gasteiger partial charge in [0.2, 0.25) is 0 Å². The summed E-state index contributed by atoms with van der Waals surface area (Å²) < 4.78 is 5.58. The molecule has 0 bridgehead atoms. The molecular weight excluding hydrogens is 358 g/mol. The average Bonchev–Trinajstić information content (AvgIpc) is 2.73. The molecule has 0 atom stereocenters. The van der Waals surface area contributed by atoms with Crippen molar-refractivity contribution < 1.29 is 9.53 Å².